The summed E-state index contributed by atoms with van der Waals surface area (Å²) in [4.78, 5) is 14.0. The van der Waals surface area contributed by atoms with E-state index in [0.717, 1.165) is 5.56 Å². The Morgan fingerprint density at radius 3 is 2.93 bits per heavy atom. The third-order valence-corrected chi connectivity index (χ3v) is 2.02. The largest absolute Gasteiger partial charge is 0.464 e. The Labute approximate surface area is 81.9 Å². The first-order chi connectivity index (χ1) is 6.60. The highest BCUT2D eigenvalue weighted by atomic mass is 16.5. The standard InChI is InChI=1S/C9H14N2O3/c1-5-3-7(6(10)4-12)11-8(5)9(13)14-2/h3,6,11-12H,4,10H2,1-2H3. The highest BCUT2D eigenvalue weighted by molar-refractivity contribution is 5.89. The van der Waals surface area contributed by atoms with Gasteiger partial charge in [-0.05, 0) is 18.6 Å². The molecule has 0 aliphatic rings. The number of ether oxygens (including phenoxy) is 1. The summed E-state index contributed by atoms with van der Waals surface area (Å²) in [5, 5.41) is 8.82. The molecule has 5 heteroatoms. The number of hydrogen-bond donors (Lipinski definition) is 3. The van der Waals surface area contributed by atoms with Crippen molar-refractivity contribution in [2.45, 2.75) is 13.0 Å². The number of aryl methyl sites for hydroxylation is 1. The van der Waals surface area contributed by atoms with Gasteiger partial charge in [-0.3, -0.25) is 0 Å². The third-order valence-electron chi connectivity index (χ3n) is 2.02. The van der Waals surface area contributed by atoms with Crippen molar-refractivity contribution < 1.29 is 14.6 Å². The van der Waals surface area contributed by atoms with E-state index in [1.165, 1.54) is 7.11 Å². The maximum atomic E-state index is 11.2. The molecule has 0 aliphatic carbocycles. The summed E-state index contributed by atoms with van der Waals surface area (Å²) in [7, 11) is 1.31. The lowest BCUT2D eigenvalue weighted by Gasteiger charge is -2.04. The van der Waals surface area contributed by atoms with Crippen molar-refractivity contribution in [2.75, 3.05) is 13.7 Å². The van der Waals surface area contributed by atoms with Gasteiger partial charge in [0.1, 0.15) is 5.69 Å². The van der Waals surface area contributed by atoms with Crippen LogP contribution in [-0.2, 0) is 4.74 Å². The van der Waals surface area contributed by atoms with Gasteiger partial charge < -0.3 is 20.6 Å². The minimum absolute atomic E-state index is 0.166. The maximum Gasteiger partial charge on any atom is 0.354 e. The van der Waals surface area contributed by atoms with E-state index in [4.69, 9.17) is 10.8 Å². The van der Waals surface area contributed by atoms with E-state index in [1.54, 1.807) is 13.0 Å². The van der Waals surface area contributed by atoms with Crippen LogP contribution in [0.15, 0.2) is 6.07 Å². The summed E-state index contributed by atoms with van der Waals surface area (Å²) in [5.74, 6) is -0.432. The summed E-state index contributed by atoms with van der Waals surface area (Å²) in [6.07, 6.45) is 0. The number of aromatic amines is 1. The Balaban J connectivity index is 2.98. The molecule has 4 N–H and O–H groups in total. The second kappa shape index (κ2) is 4.26. The van der Waals surface area contributed by atoms with Crippen LogP contribution in [0.4, 0.5) is 0 Å². The van der Waals surface area contributed by atoms with Crippen molar-refractivity contribution in [2.24, 2.45) is 5.73 Å². The van der Waals surface area contributed by atoms with Gasteiger partial charge in [0.15, 0.2) is 0 Å². The monoisotopic (exact) mass is 198 g/mol. The number of aliphatic hydroxyl groups is 1. The van der Waals surface area contributed by atoms with Gasteiger partial charge in [0.05, 0.1) is 19.8 Å². The van der Waals surface area contributed by atoms with Crippen LogP contribution < -0.4 is 5.73 Å². The number of hydrogen-bond acceptors (Lipinski definition) is 4. The van der Waals surface area contributed by atoms with Gasteiger partial charge in [-0.1, -0.05) is 0 Å². The number of esters is 1. The first-order valence-corrected chi connectivity index (χ1v) is 4.24. The second-order valence-corrected chi connectivity index (χ2v) is 3.06. The molecule has 5 nitrogen and oxygen atoms in total. The van der Waals surface area contributed by atoms with Crippen LogP contribution in [0, 0.1) is 6.92 Å². The molecule has 1 unspecified atom stereocenters. The van der Waals surface area contributed by atoms with E-state index < -0.39 is 12.0 Å². The summed E-state index contributed by atoms with van der Waals surface area (Å²) in [6.45, 7) is 1.61. The molecule has 0 aliphatic heterocycles. The van der Waals surface area contributed by atoms with E-state index in [9.17, 15) is 4.79 Å². The van der Waals surface area contributed by atoms with Crippen molar-refractivity contribution in [3.63, 3.8) is 0 Å². The molecule has 1 aromatic rings. The van der Waals surface area contributed by atoms with Crippen molar-refractivity contribution in [3.05, 3.63) is 23.0 Å². The van der Waals surface area contributed by atoms with E-state index in [0.29, 0.717) is 11.4 Å². The fraction of sp³-hybridized carbons (Fsp3) is 0.444. The van der Waals surface area contributed by atoms with Gasteiger partial charge in [0, 0.05) is 5.69 Å². The van der Waals surface area contributed by atoms with Crippen molar-refractivity contribution in [1.29, 1.82) is 0 Å². The van der Waals surface area contributed by atoms with Gasteiger partial charge >= 0.3 is 5.97 Å². The van der Waals surface area contributed by atoms with E-state index in [-0.39, 0.29) is 6.61 Å². The number of nitrogens with one attached hydrogen (secondary N) is 1. The number of aromatic nitrogens is 1. The Kier molecular flexibility index (Phi) is 3.27. The molecule has 0 fully saturated rings. The average molecular weight is 198 g/mol. The van der Waals surface area contributed by atoms with Gasteiger partial charge in [-0.2, -0.15) is 0 Å². The van der Waals surface area contributed by atoms with Gasteiger partial charge in [0.2, 0.25) is 0 Å². The number of nitrogens with two attached hydrogens (primary N) is 1. The number of carbonyl (C=O) groups excluding carboxylic acids is 1. The number of carbonyl (C=O) groups is 1. The fourth-order valence-corrected chi connectivity index (χ4v) is 1.20. The molecule has 0 bridgehead atoms. The van der Waals surface area contributed by atoms with Gasteiger partial charge in [-0.25, -0.2) is 4.79 Å². The molecule has 0 saturated carbocycles. The van der Waals surface area contributed by atoms with E-state index in [2.05, 4.69) is 9.72 Å². The van der Waals surface area contributed by atoms with Crippen LogP contribution in [0.5, 0.6) is 0 Å². The Hall–Kier alpha value is -1.33. The smallest absolute Gasteiger partial charge is 0.354 e. The molecule has 0 amide bonds. The SMILES string of the molecule is COC(=O)c1[nH]c(C(N)CO)cc1C. The molecule has 78 valence electrons. The number of aliphatic hydroxyl groups excluding tert-OH is 1. The predicted molar refractivity (Wildman–Crippen MR) is 50.9 cm³/mol. The highest BCUT2D eigenvalue weighted by Crippen LogP contribution is 2.15. The highest BCUT2D eigenvalue weighted by Gasteiger charge is 2.15. The predicted octanol–water partition coefficient (Wildman–Crippen LogP) is 0.102. The lowest BCUT2D eigenvalue weighted by Crippen LogP contribution is -2.15. The lowest BCUT2D eigenvalue weighted by atomic mass is 10.2. The summed E-state index contributed by atoms with van der Waals surface area (Å²) in [6, 6.07) is 1.24. The van der Waals surface area contributed by atoms with E-state index in [1.807, 2.05) is 0 Å². The number of H-pyrrole nitrogens is 1. The summed E-state index contributed by atoms with van der Waals surface area (Å²) < 4.78 is 4.57. The zero-order chi connectivity index (χ0) is 10.7. The molecule has 0 saturated heterocycles. The number of rotatable bonds is 3. The minimum Gasteiger partial charge on any atom is -0.464 e. The molecule has 1 heterocycles. The normalized spacial score (nSPS) is 12.6. The molecule has 1 aromatic heterocycles. The van der Waals surface area contributed by atoms with Crippen molar-refractivity contribution in [3.8, 4) is 0 Å². The second-order valence-electron chi connectivity index (χ2n) is 3.06. The quantitative estimate of drug-likeness (QED) is 0.601. The summed E-state index contributed by atoms with van der Waals surface area (Å²) in [5.41, 5.74) is 7.36. The molecular formula is C9H14N2O3. The molecule has 1 rings (SSSR count). The van der Waals surface area contributed by atoms with Crippen LogP contribution in [0.25, 0.3) is 0 Å². The van der Waals surface area contributed by atoms with Crippen molar-refractivity contribution in [1.82, 2.24) is 4.98 Å². The van der Waals surface area contributed by atoms with Gasteiger partial charge in [0.25, 0.3) is 0 Å². The molecule has 1 atom stereocenters. The zero-order valence-corrected chi connectivity index (χ0v) is 8.20. The Morgan fingerprint density at radius 2 is 2.43 bits per heavy atom. The van der Waals surface area contributed by atoms with E-state index >= 15 is 0 Å². The Morgan fingerprint density at radius 1 is 1.79 bits per heavy atom. The van der Waals surface area contributed by atoms with Crippen LogP contribution in [0.2, 0.25) is 0 Å². The summed E-state index contributed by atoms with van der Waals surface area (Å²) >= 11 is 0. The van der Waals surface area contributed by atoms with Gasteiger partial charge in [-0.15, -0.1) is 0 Å². The van der Waals surface area contributed by atoms with Crippen LogP contribution in [0.1, 0.15) is 27.8 Å². The van der Waals surface area contributed by atoms with Crippen LogP contribution in [-0.4, -0.2) is 29.8 Å². The first kappa shape index (κ1) is 10.7. The Bertz CT molecular complexity index is 333. The first-order valence-electron chi connectivity index (χ1n) is 4.24. The fourth-order valence-electron chi connectivity index (χ4n) is 1.20. The number of methoxy groups -OCH3 is 1. The molecule has 0 radical (unpaired) electrons. The molecule has 0 aromatic carbocycles. The molecular weight excluding hydrogens is 184 g/mol. The molecule has 0 spiro atoms. The third kappa shape index (κ3) is 1.94. The maximum absolute atomic E-state index is 11.2. The van der Waals surface area contributed by atoms with Crippen LogP contribution >= 0.6 is 0 Å². The average Bonchev–Trinajstić information content (AvgIpc) is 2.58. The molecule has 14 heavy (non-hydrogen) atoms. The minimum atomic E-state index is -0.493. The topological polar surface area (TPSA) is 88.3 Å². The van der Waals surface area contributed by atoms with Crippen LogP contribution in [0.3, 0.4) is 0 Å². The zero-order valence-electron chi connectivity index (χ0n) is 8.20. The van der Waals surface area contributed by atoms with Crippen molar-refractivity contribution >= 4 is 5.97 Å². The lowest BCUT2D eigenvalue weighted by molar-refractivity contribution is 0.0593.